The van der Waals surface area contributed by atoms with Crippen molar-refractivity contribution in [2.45, 2.75) is 32.3 Å². The van der Waals surface area contributed by atoms with Crippen molar-refractivity contribution < 1.29 is 19.7 Å². The molecule has 0 saturated carbocycles. The molecule has 0 aliphatic carbocycles. The van der Waals surface area contributed by atoms with Crippen molar-refractivity contribution in [3.05, 3.63) is 45.7 Å². The first-order chi connectivity index (χ1) is 13.0. The van der Waals surface area contributed by atoms with Crippen molar-refractivity contribution >= 4 is 11.7 Å². The normalized spacial score (nSPS) is 15.1. The van der Waals surface area contributed by atoms with Gasteiger partial charge in [0.25, 0.3) is 5.56 Å². The Balaban J connectivity index is 1.92. The van der Waals surface area contributed by atoms with Gasteiger partial charge < -0.3 is 24.8 Å². The summed E-state index contributed by atoms with van der Waals surface area (Å²) < 4.78 is 5.40. The van der Waals surface area contributed by atoms with Crippen LogP contribution < -0.4 is 10.5 Å². The highest BCUT2D eigenvalue weighted by molar-refractivity contribution is 5.92. The molecule has 1 fully saturated rings. The molecule has 3 rings (SSSR count). The fourth-order valence-electron chi connectivity index (χ4n) is 3.61. The molecule has 0 bridgehead atoms. The Morgan fingerprint density at radius 2 is 1.89 bits per heavy atom. The standard InChI is InChI=1S/C20H24N2O5/c1-3-15-17(21-19(24)16(18(15)23)20(25)26)12-4-6-13(7-5-12)22-10-8-14(27-2)9-11-22/h4-7,14H,3,8-11H2,1-2H3,(H,25,26)(H2,21,23,24). The number of rotatable bonds is 5. The van der Waals surface area contributed by atoms with E-state index < -0.39 is 22.8 Å². The molecule has 27 heavy (non-hydrogen) atoms. The van der Waals surface area contributed by atoms with Crippen LogP contribution in [-0.2, 0) is 11.2 Å². The van der Waals surface area contributed by atoms with E-state index in [0.717, 1.165) is 37.2 Å². The third-order valence-electron chi connectivity index (χ3n) is 5.15. The van der Waals surface area contributed by atoms with E-state index in [0.29, 0.717) is 23.8 Å². The minimum atomic E-state index is -1.44. The second-order valence-electron chi connectivity index (χ2n) is 6.66. The summed E-state index contributed by atoms with van der Waals surface area (Å²) in [5.74, 6) is -1.90. The Hall–Kier alpha value is -2.80. The summed E-state index contributed by atoms with van der Waals surface area (Å²) in [4.78, 5) is 28.2. The van der Waals surface area contributed by atoms with Crippen LogP contribution in [0.4, 0.5) is 5.69 Å². The number of aromatic carboxylic acids is 1. The fourth-order valence-corrected chi connectivity index (χ4v) is 3.61. The molecular weight excluding hydrogens is 348 g/mol. The molecule has 1 aliphatic rings. The summed E-state index contributed by atoms with van der Waals surface area (Å²) in [6.45, 7) is 3.64. The van der Waals surface area contributed by atoms with Gasteiger partial charge in [-0.3, -0.25) is 4.79 Å². The topological polar surface area (TPSA) is 103 Å². The highest BCUT2D eigenvalue weighted by atomic mass is 16.5. The van der Waals surface area contributed by atoms with Crippen molar-refractivity contribution in [3.63, 3.8) is 0 Å². The van der Waals surface area contributed by atoms with Gasteiger partial charge in [0.05, 0.1) is 11.8 Å². The number of hydrogen-bond donors (Lipinski definition) is 3. The maximum Gasteiger partial charge on any atom is 0.345 e. The lowest BCUT2D eigenvalue weighted by atomic mass is 10.00. The number of benzene rings is 1. The van der Waals surface area contributed by atoms with Gasteiger partial charge in [-0.1, -0.05) is 19.1 Å². The number of carboxylic acid groups (broad SMARTS) is 1. The maximum absolute atomic E-state index is 12.1. The van der Waals surface area contributed by atoms with Crippen LogP contribution >= 0.6 is 0 Å². The van der Waals surface area contributed by atoms with E-state index in [9.17, 15) is 14.7 Å². The second kappa shape index (κ2) is 7.84. The number of piperidine rings is 1. The molecule has 7 heteroatoms. The van der Waals surface area contributed by atoms with Crippen LogP contribution in [0.5, 0.6) is 5.75 Å². The highest BCUT2D eigenvalue weighted by Crippen LogP contribution is 2.31. The molecule has 0 amide bonds. The first-order valence-corrected chi connectivity index (χ1v) is 9.05. The fraction of sp³-hybridized carbons (Fsp3) is 0.400. The number of carbonyl (C=O) groups is 1. The van der Waals surface area contributed by atoms with Gasteiger partial charge >= 0.3 is 5.97 Å². The zero-order valence-corrected chi connectivity index (χ0v) is 15.5. The van der Waals surface area contributed by atoms with Crippen molar-refractivity contribution in [3.8, 4) is 17.0 Å². The molecule has 2 heterocycles. The highest BCUT2D eigenvalue weighted by Gasteiger charge is 2.22. The predicted molar refractivity (Wildman–Crippen MR) is 103 cm³/mol. The first-order valence-electron chi connectivity index (χ1n) is 9.05. The van der Waals surface area contributed by atoms with Crippen LogP contribution in [0, 0.1) is 0 Å². The van der Waals surface area contributed by atoms with Gasteiger partial charge in [-0.25, -0.2) is 4.79 Å². The molecule has 7 nitrogen and oxygen atoms in total. The van der Waals surface area contributed by atoms with Gasteiger partial charge in [-0.15, -0.1) is 0 Å². The smallest absolute Gasteiger partial charge is 0.345 e. The van der Waals surface area contributed by atoms with Crippen LogP contribution in [0.15, 0.2) is 29.1 Å². The van der Waals surface area contributed by atoms with Gasteiger partial charge in [-0.2, -0.15) is 0 Å². The average molecular weight is 372 g/mol. The molecule has 3 N–H and O–H groups in total. The van der Waals surface area contributed by atoms with E-state index in [1.54, 1.807) is 14.0 Å². The Kier molecular flexibility index (Phi) is 5.51. The molecule has 0 radical (unpaired) electrons. The summed E-state index contributed by atoms with van der Waals surface area (Å²) in [6, 6.07) is 7.70. The summed E-state index contributed by atoms with van der Waals surface area (Å²) in [5, 5.41) is 19.4. The number of aromatic hydroxyl groups is 1. The molecule has 2 aromatic rings. The number of carboxylic acids is 1. The SMILES string of the molecule is CCc1c(-c2ccc(N3CCC(OC)CC3)cc2)[nH]c(=O)c(C(=O)O)c1O. The summed E-state index contributed by atoms with van der Waals surface area (Å²) in [6.07, 6.45) is 2.67. The minimum Gasteiger partial charge on any atom is -0.506 e. The third kappa shape index (κ3) is 3.68. The molecule has 1 aromatic carbocycles. The number of aromatic nitrogens is 1. The number of methoxy groups -OCH3 is 1. The van der Waals surface area contributed by atoms with E-state index in [1.165, 1.54) is 0 Å². The van der Waals surface area contributed by atoms with Crippen LogP contribution in [0.1, 0.15) is 35.7 Å². The lowest BCUT2D eigenvalue weighted by molar-refractivity contribution is 0.0691. The largest absolute Gasteiger partial charge is 0.506 e. The predicted octanol–water partition coefficient (Wildman–Crippen LogP) is 2.62. The van der Waals surface area contributed by atoms with E-state index in [1.807, 2.05) is 24.3 Å². The Bertz CT molecular complexity index is 880. The third-order valence-corrected chi connectivity index (χ3v) is 5.15. The van der Waals surface area contributed by atoms with Crippen LogP contribution in [0.25, 0.3) is 11.3 Å². The number of H-pyrrole nitrogens is 1. The zero-order valence-electron chi connectivity index (χ0n) is 15.5. The molecule has 1 saturated heterocycles. The molecule has 0 spiro atoms. The maximum atomic E-state index is 12.1. The molecular formula is C20H24N2O5. The number of anilines is 1. The van der Waals surface area contributed by atoms with Crippen molar-refractivity contribution in [2.24, 2.45) is 0 Å². The molecule has 1 aromatic heterocycles. The number of ether oxygens (including phenoxy) is 1. The van der Waals surface area contributed by atoms with Crippen LogP contribution in [0.2, 0.25) is 0 Å². The molecule has 1 aliphatic heterocycles. The van der Waals surface area contributed by atoms with E-state index in [-0.39, 0.29) is 0 Å². The van der Waals surface area contributed by atoms with E-state index in [2.05, 4.69) is 9.88 Å². The monoisotopic (exact) mass is 372 g/mol. The molecule has 144 valence electrons. The Morgan fingerprint density at radius 3 is 2.41 bits per heavy atom. The van der Waals surface area contributed by atoms with E-state index in [4.69, 9.17) is 9.84 Å². The zero-order chi connectivity index (χ0) is 19.6. The number of aromatic amines is 1. The number of pyridine rings is 1. The van der Waals surface area contributed by atoms with Gasteiger partial charge in [0.1, 0.15) is 5.75 Å². The Morgan fingerprint density at radius 1 is 1.26 bits per heavy atom. The van der Waals surface area contributed by atoms with Crippen molar-refractivity contribution in [1.29, 1.82) is 0 Å². The van der Waals surface area contributed by atoms with E-state index >= 15 is 0 Å². The minimum absolute atomic E-state index is 0.313. The summed E-state index contributed by atoms with van der Waals surface area (Å²) in [7, 11) is 1.74. The lowest BCUT2D eigenvalue weighted by Crippen LogP contribution is -2.36. The Labute approximate surface area is 157 Å². The van der Waals surface area contributed by atoms with Gasteiger partial charge in [0.15, 0.2) is 5.56 Å². The van der Waals surface area contributed by atoms with Gasteiger partial charge in [0.2, 0.25) is 0 Å². The summed E-state index contributed by atoms with van der Waals surface area (Å²) in [5.41, 5.74) is 1.26. The van der Waals surface area contributed by atoms with Crippen LogP contribution in [0.3, 0.4) is 0 Å². The van der Waals surface area contributed by atoms with Crippen molar-refractivity contribution in [2.75, 3.05) is 25.1 Å². The number of nitrogens with zero attached hydrogens (tertiary/aromatic N) is 1. The first kappa shape index (κ1) is 19.0. The second-order valence-corrected chi connectivity index (χ2v) is 6.66. The van der Waals surface area contributed by atoms with Gasteiger partial charge in [-0.05, 0) is 37.0 Å². The molecule has 0 unspecified atom stereocenters. The molecule has 0 atom stereocenters. The summed E-state index contributed by atoms with van der Waals surface area (Å²) >= 11 is 0. The lowest BCUT2D eigenvalue weighted by Gasteiger charge is -2.33. The van der Waals surface area contributed by atoms with Crippen molar-refractivity contribution in [1.82, 2.24) is 4.98 Å². The number of nitrogens with one attached hydrogen (secondary N) is 1. The van der Waals surface area contributed by atoms with Crippen LogP contribution in [-0.4, -0.2) is 47.5 Å². The quantitative estimate of drug-likeness (QED) is 0.746. The average Bonchev–Trinajstić information content (AvgIpc) is 2.67. The number of hydrogen-bond acceptors (Lipinski definition) is 5. The van der Waals surface area contributed by atoms with Gasteiger partial charge in [0, 0.05) is 31.5 Å².